The van der Waals surface area contributed by atoms with Crippen molar-refractivity contribution in [2.75, 3.05) is 4.90 Å². The first-order valence-electron chi connectivity index (χ1n) is 6.76. The fraction of sp³-hybridized carbons (Fsp3) is 0.312. The quantitative estimate of drug-likeness (QED) is 0.591. The summed E-state index contributed by atoms with van der Waals surface area (Å²) in [6, 6.07) is 6.60. The lowest BCUT2D eigenvalue weighted by Gasteiger charge is -2.18. The number of anilines is 1. The second-order valence-electron chi connectivity index (χ2n) is 5.49. The molecule has 2 amide bonds. The molecule has 5 heteroatoms. The maximum atomic E-state index is 12.5. The largest absolute Gasteiger partial charge is 0.274 e. The maximum Gasteiger partial charge on any atom is 0.238 e. The average Bonchev–Trinajstić information content (AvgIpc) is 2.70. The molecule has 1 aliphatic heterocycles. The molecule has 0 saturated carbocycles. The fourth-order valence-corrected chi connectivity index (χ4v) is 3.24. The molecular weight excluding hydrogens is 288 g/mol. The molecule has 0 radical (unpaired) electrons. The molecule has 0 spiro atoms. The minimum atomic E-state index is -0.268. The number of allylic oxidation sites excluding steroid dienone is 2. The first-order chi connectivity index (χ1) is 10.0. The van der Waals surface area contributed by atoms with Gasteiger partial charge in [0.25, 0.3) is 0 Å². The zero-order valence-corrected chi connectivity index (χ0v) is 12.2. The number of benzene rings is 1. The Morgan fingerprint density at radius 2 is 2.00 bits per heavy atom. The summed E-state index contributed by atoms with van der Waals surface area (Å²) in [5.74, 6) is -0.875. The maximum absolute atomic E-state index is 12.5. The van der Waals surface area contributed by atoms with Gasteiger partial charge in [0.2, 0.25) is 11.8 Å². The van der Waals surface area contributed by atoms with E-state index in [0.29, 0.717) is 24.1 Å². The number of imide groups is 1. The molecule has 0 unspecified atom stereocenters. The van der Waals surface area contributed by atoms with Crippen molar-refractivity contribution in [1.29, 1.82) is 5.26 Å². The normalized spacial score (nSPS) is 24.6. The van der Waals surface area contributed by atoms with E-state index in [1.165, 1.54) is 17.0 Å². The molecule has 1 aliphatic carbocycles. The lowest BCUT2D eigenvalue weighted by atomic mass is 9.82. The van der Waals surface area contributed by atoms with E-state index in [4.69, 9.17) is 16.9 Å². The number of rotatable bonds is 1. The van der Waals surface area contributed by atoms with E-state index in [2.05, 4.69) is 0 Å². The van der Waals surface area contributed by atoms with Gasteiger partial charge in [0.1, 0.15) is 6.07 Å². The van der Waals surface area contributed by atoms with Crippen molar-refractivity contribution in [2.45, 2.75) is 19.8 Å². The highest BCUT2D eigenvalue weighted by Crippen LogP contribution is 2.40. The molecule has 1 heterocycles. The number of nitrogens with zero attached hydrogens (tertiary/aromatic N) is 2. The van der Waals surface area contributed by atoms with Crippen molar-refractivity contribution in [3.8, 4) is 6.07 Å². The summed E-state index contributed by atoms with van der Waals surface area (Å²) in [7, 11) is 0. The monoisotopic (exact) mass is 300 g/mol. The summed E-state index contributed by atoms with van der Waals surface area (Å²) in [6.07, 6.45) is 3.28. The number of carbonyl (C=O) groups excluding carboxylic acids is 2. The third kappa shape index (κ3) is 2.14. The van der Waals surface area contributed by atoms with Crippen molar-refractivity contribution in [3.63, 3.8) is 0 Å². The van der Waals surface area contributed by atoms with Crippen molar-refractivity contribution in [3.05, 3.63) is 40.4 Å². The van der Waals surface area contributed by atoms with Gasteiger partial charge in [-0.3, -0.25) is 9.59 Å². The summed E-state index contributed by atoms with van der Waals surface area (Å²) < 4.78 is 0. The van der Waals surface area contributed by atoms with Crippen molar-refractivity contribution < 1.29 is 9.59 Å². The van der Waals surface area contributed by atoms with Gasteiger partial charge in [0.05, 0.1) is 28.1 Å². The molecule has 1 aromatic carbocycles. The average molecular weight is 301 g/mol. The predicted octanol–water partition coefficient (Wildman–Crippen LogP) is 3.06. The zero-order chi connectivity index (χ0) is 15.1. The molecule has 3 rings (SSSR count). The Bertz CT molecular complexity index is 717. The van der Waals surface area contributed by atoms with E-state index in [0.717, 1.165) is 5.57 Å². The van der Waals surface area contributed by atoms with Crippen LogP contribution in [0.15, 0.2) is 29.8 Å². The van der Waals surface area contributed by atoms with E-state index in [1.54, 1.807) is 6.07 Å². The Kier molecular flexibility index (Phi) is 3.30. The lowest BCUT2D eigenvalue weighted by molar-refractivity contribution is -0.122. The lowest BCUT2D eigenvalue weighted by Crippen LogP contribution is -2.30. The number of fused-ring (bicyclic) bond motifs is 1. The van der Waals surface area contributed by atoms with Gasteiger partial charge in [-0.2, -0.15) is 5.26 Å². The molecule has 0 N–H and O–H groups in total. The molecule has 106 valence electrons. The molecule has 21 heavy (non-hydrogen) atoms. The molecule has 4 nitrogen and oxygen atoms in total. The number of halogens is 1. The third-order valence-electron chi connectivity index (χ3n) is 4.15. The van der Waals surface area contributed by atoms with E-state index >= 15 is 0 Å². The molecular formula is C16H13ClN2O2. The smallest absolute Gasteiger partial charge is 0.238 e. The van der Waals surface area contributed by atoms with Crippen LogP contribution in [0.25, 0.3) is 0 Å². The summed E-state index contributed by atoms with van der Waals surface area (Å²) in [6.45, 7) is 1.98. The molecule has 1 aromatic rings. The van der Waals surface area contributed by atoms with Gasteiger partial charge in [-0.05, 0) is 38.0 Å². The number of carbonyl (C=O) groups is 2. The van der Waals surface area contributed by atoms with Gasteiger partial charge in [0.15, 0.2) is 0 Å². The van der Waals surface area contributed by atoms with Crippen LogP contribution in [0.5, 0.6) is 0 Å². The minimum absolute atomic E-state index is 0.168. The van der Waals surface area contributed by atoms with Crippen LogP contribution in [0.4, 0.5) is 5.69 Å². The van der Waals surface area contributed by atoms with Crippen LogP contribution in [-0.2, 0) is 9.59 Å². The fourth-order valence-electron chi connectivity index (χ4n) is 3.03. The predicted molar refractivity (Wildman–Crippen MR) is 78.6 cm³/mol. The van der Waals surface area contributed by atoms with Gasteiger partial charge < -0.3 is 0 Å². The molecule has 1 fully saturated rings. The Hall–Kier alpha value is -2.12. The van der Waals surface area contributed by atoms with Crippen LogP contribution in [-0.4, -0.2) is 11.8 Å². The van der Waals surface area contributed by atoms with Crippen molar-refractivity contribution in [2.24, 2.45) is 11.8 Å². The molecule has 0 aromatic heterocycles. The van der Waals surface area contributed by atoms with Gasteiger partial charge >= 0.3 is 0 Å². The van der Waals surface area contributed by atoms with Gasteiger partial charge in [0, 0.05) is 0 Å². The van der Waals surface area contributed by atoms with Crippen LogP contribution in [0.1, 0.15) is 25.3 Å². The minimum Gasteiger partial charge on any atom is -0.274 e. The Labute approximate surface area is 127 Å². The summed E-state index contributed by atoms with van der Waals surface area (Å²) in [5, 5.41) is 9.14. The van der Waals surface area contributed by atoms with Crippen LogP contribution in [0.3, 0.4) is 0 Å². The number of hydrogen-bond acceptors (Lipinski definition) is 3. The molecule has 0 bridgehead atoms. The van der Waals surface area contributed by atoms with E-state index in [-0.39, 0.29) is 28.7 Å². The highest BCUT2D eigenvalue weighted by atomic mass is 35.5. The second-order valence-corrected chi connectivity index (χ2v) is 5.90. The third-order valence-corrected chi connectivity index (χ3v) is 4.47. The Balaban J connectivity index is 1.97. The van der Waals surface area contributed by atoms with Crippen LogP contribution >= 0.6 is 11.6 Å². The summed E-state index contributed by atoms with van der Waals surface area (Å²) in [4.78, 5) is 26.2. The Morgan fingerprint density at radius 1 is 1.29 bits per heavy atom. The SMILES string of the molecule is CC1=CC[C@@H]2C(=O)N(c3ccc(C#N)c(Cl)c3)C(=O)[C@H]2C1. The van der Waals surface area contributed by atoms with Gasteiger partial charge in [-0.1, -0.05) is 23.3 Å². The van der Waals surface area contributed by atoms with Crippen molar-refractivity contribution in [1.82, 2.24) is 0 Å². The van der Waals surface area contributed by atoms with E-state index < -0.39 is 0 Å². The van der Waals surface area contributed by atoms with Gasteiger partial charge in [-0.15, -0.1) is 0 Å². The molecule has 1 saturated heterocycles. The number of nitriles is 1. The number of amides is 2. The summed E-state index contributed by atoms with van der Waals surface area (Å²) >= 11 is 6.00. The van der Waals surface area contributed by atoms with E-state index in [1.807, 2.05) is 19.1 Å². The van der Waals surface area contributed by atoms with Crippen LogP contribution in [0.2, 0.25) is 5.02 Å². The van der Waals surface area contributed by atoms with Gasteiger partial charge in [-0.25, -0.2) is 4.90 Å². The molecule has 2 atom stereocenters. The first-order valence-corrected chi connectivity index (χ1v) is 7.14. The van der Waals surface area contributed by atoms with Crippen LogP contribution in [0, 0.1) is 23.2 Å². The summed E-state index contributed by atoms with van der Waals surface area (Å²) in [5.41, 5.74) is 1.92. The molecule has 2 aliphatic rings. The zero-order valence-electron chi connectivity index (χ0n) is 11.5. The topological polar surface area (TPSA) is 61.2 Å². The second kappa shape index (κ2) is 5.01. The highest BCUT2D eigenvalue weighted by molar-refractivity contribution is 6.32. The van der Waals surface area contributed by atoms with Crippen molar-refractivity contribution >= 4 is 29.1 Å². The highest BCUT2D eigenvalue weighted by Gasteiger charge is 2.48. The number of hydrogen-bond donors (Lipinski definition) is 0. The van der Waals surface area contributed by atoms with Crippen LogP contribution < -0.4 is 4.90 Å². The van der Waals surface area contributed by atoms with E-state index in [9.17, 15) is 9.59 Å². The standard InChI is InChI=1S/C16H13ClN2O2/c1-9-2-5-12-13(6-9)16(21)19(15(12)20)11-4-3-10(8-18)14(17)7-11/h2-4,7,12-13H,5-6H2,1H3/t12-,13-/m0/s1. The first kappa shape index (κ1) is 13.8. The Morgan fingerprint density at radius 3 is 2.67 bits per heavy atom.